The zero-order valence-corrected chi connectivity index (χ0v) is 15.3. The first-order valence-electron chi connectivity index (χ1n) is 8.47. The average Bonchev–Trinajstić information content (AvgIpc) is 2.46. The van der Waals surface area contributed by atoms with Gasteiger partial charge in [-0.2, -0.15) is 0 Å². The van der Waals surface area contributed by atoms with E-state index in [0.717, 1.165) is 37.6 Å². The molecule has 0 aromatic carbocycles. The first-order valence-corrected chi connectivity index (χ1v) is 8.47. The molecule has 0 bridgehead atoms. The van der Waals surface area contributed by atoms with E-state index in [0.29, 0.717) is 0 Å². The Bertz CT molecular complexity index is 549. The normalized spacial score (nSPS) is 17.2. The maximum Gasteiger partial charge on any atom is 0.225 e. The Balaban J connectivity index is 1.96. The third-order valence-electron chi connectivity index (χ3n) is 4.15. The number of piperidine rings is 1. The molecule has 0 unspecified atom stereocenters. The van der Waals surface area contributed by atoms with Gasteiger partial charge >= 0.3 is 0 Å². The van der Waals surface area contributed by atoms with Crippen LogP contribution < -0.4 is 10.2 Å². The van der Waals surface area contributed by atoms with Gasteiger partial charge in [0.05, 0.1) is 0 Å². The van der Waals surface area contributed by atoms with Crippen LogP contribution in [0.25, 0.3) is 0 Å². The van der Waals surface area contributed by atoms with E-state index < -0.39 is 0 Å². The molecule has 128 valence electrons. The topological polar surface area (TPSA) is 58.1 Å². The predicted octanol–water partition coefficient (Wildman–Crippen LogP) is 2.91. The molecule has 1 aliphatic heterocycles. The van der Waals surface area contributed by atoms with Gasteiger partial charge in [-0.25, -0.2) is 9.97 Å². The number of hydrogen-bond donors (Lipinski definition) is 1. The van der Waals surface area contributed by atoms with Gasteiger partial charge in [-0.05, 0) is 18.9 Å². The van der Waals surface area contributed by atoms with E-state index in [-0.39, 0.29) is 22.8 Å². The van der Waals surface area contributed by atoms with Gasteiger partial charge in [0.1, 0.15) is 11.6 Å². The molecular weight excluding hydrogens is 288 g/mol. The molecule has 1 fully saturated rings. The monoisotopic (exact) mass is 318 g/mol. The molecule has 1 saturated heterocycles. The molecule has 5 nitrogen and oxygen atoms in total. The number of carbonyl (C=O) groups is 1. The highest BCUT2D eigenvalue weighted by molar-refractivity contribution is 5.81. The Kier molecular flexibility index (Phi) is 4.97. The van der Waals surface area contributed by atoms with Gasteiger partial charge in [-0.1, -0.05) is 41.5 Å². The van der Waals surface area contributed by atoms with Crippen molar-refractivity contribution >= 4 is 11.7 Å². The molecule has 1 aliphatic rings. The summed E-state index contributed by atoms with van der Waals surface area (Å²) in [5.74, 6) is 2.00. The molecule has 1 N–H and O–H groups in total. The molecule has 2 rings (SSSR count). The third-order valence-corrected chi connectivity index (χ3v) is 4.15. The summed E-state index contributed by atoms with van der Waals surface area (Å²) in [6, 6.07) is 2.24. The Labute approximate surface area is 139 Å². The van der Waals surface area contributed by atoms with E-state index in [2.05, 4.69) is 36.0 Å². The molecule has 1 aromatic heterocycles. The van der Waals surface area contributed by atoms with Crippen LogP contribution in [0.3, 0.4) is 0 Å². The van der Waals surface area contributed by atoms with Crippen molar-refractivity contribution in [1.82, 2.24) is 15.3 Å². The number of anilines is 1. The highest BCUT2D eigenvalue weighted by Crippen LogP contribution is 2.23. The summed E-state index contributed by atoms with van der Waals surface area (Å²) < 4.78 is 0. The van der Waals surface area contributed by atoms with Crippen LogP contribution in [0.15, 0.2) is 12.3 Å². The van der Waals surface area contributed by atoms with Crippen LogP contribution in [0.2, 0.25) is 0 Å². The SMILES string of the molecule is CC(C)(C)C(=O)NC1CCN(c2ccnc(C(C)(C)C)n2)CC1. The zero-order valence-electron chi connectivity index (χ0n) is 15.3. The Morgan fingerprint density at radius 1 is 1.17 bits per heavy atom. The van der Waals surface area contributed by atoms with Crippen LogP contribution >= 0.6 is 0 Å². The van der Waals surface area contributed by atoms with Crippen molar-refractivity contribution in [1.29, 1.82) is 0 Å². The summed E-state index contributed by atoms with van der Waals surface area (Å²) in [5.41, 5.74) is -0.375. The molecule has 0 spiro atoms. The van der Waals surface area contributed by atoms with Crippen LogP contribution in [0.4, 0.5) is 5.82 Å². The lowest BCUT2D eigenvalue weighted by Gasteiger charge is -2.34. The number of aromatic nitrogens is 2. The van der Waals surface area contributed by atoms with Crippen molar-refractivity contribution in [3.63, 3.8) is 0 Å². The minimum Gasteiger partial charge on any atom is -0.356 e. The van der Waals surface area contributed by atoms with Gasteiger partial charge in [0, 0.05) is 36.2 Å². The molecule has 0 aliphatic carbocycles. The van der Waals surface area contributed by atoms with E-state index in [4.69, 9.17) is 4.98 Å². The molecule has 5 heteroatoms. The van der Waals surface area contributed by atoms with E-state index in [1.165, 1.54) is 0 Å². The van der Waals surface area contributed by atoms with Crippen molar-refractivity contribution in [2.24, 2.45) is 5.41 Å². The predicted molar refractivity (Wildman–Crippen MR) is 93.6 cm³/mol. The standard InChI is InChI=1S/C18H30N4O/c1-17(2,3)15-19-10-7-14(21-15)22-11-8-13(9-12-22)20-16(23)18(4,5)6/h7,10,13H,8-9,11-12H2,1-6H3,(H,20,23). The van der Waals surface area contributed by atoms with Crippen LogP contribution in [-0.2, 0) is 10.2 Å². The van der Waals surface area contributed by atoms with Gasteiger partial charge in [0.2, 0.25) is 5.91 Å². The fraction of sp³-hybridized carbons (Fsp3) is 0.722. The first kappa shape index (κ1) is 17.7. The highest BCUT2D eigenvalue weighted by atomic mass is 16.2. The maximum absolute atomic E-state index is 12.1. The maximum atomic E-state index is 12.1. The number of carbonyl (C=O) groups excluding carboxylic acids is 1. The van der Waals surface area contributed by atoms with E-state index >= 15 is 0 Å². The molecule has 1 amide bonds. The summed E-state index contributed by atoms with van der Waals surface area (Å²) in [5, 5.41) is 3.17. The summed E-state index contributed by atoms with van der Waals surface area (Å²) in [6.45, 7) is 14.1. The quantitative estimate of drug-likeness (QED) is 0.911. The molecule has 2 heterocycles. The Hall–Kier alpha value is -1.65. The average molecular weight is 318 g/mol. The van der Waals surface area contributed by atoms with Crippen LogP contribution in [0.5, 0.6) is 0 Å². The van der Waals surface area contributed by atoms with Crippen LogP contribution in [-0.4, -0.2) is 35.0 Å². The second-order valence-electron chi connectivity index (χ2n) is 8.47. The lowest BCUT2D eigenvalue weighted by molar-refractivity contribution is -0.129. The summed E-state index contributed by atoms with van der Waals surface area (Å²) in [6.07, 6.45) is 3.75. The first-order chi connectivity index (χ1) is 10.6. The second kappa shape index (κ2) is 6.46. The van der Waals surface area contributed by atoms with Gasteiger partial charge in [-0.15, -0.1) is 0 Å². The largest absolute Gasteiger partial charge is 0.356 e. The van der Waals surface area contributed by atoms with Crippen molar-refractivity contribution < 1.29 is 4.79 Å². The minimum absolute atomic E-state index is 0.0466. The van der Waals surface area contributed by atoms with Crippen LogP contribution in [0, 0.1) is 5.41 Å². The Morgan fingerprint density at radius 2 is 1.78 bits per heavy atom. The lowest BCUT2D eigenvalue weighted by atomic mass is 9.94. The van der Waals surface area contributed by atoms with Crippen molar-refractivity contribution in [3.8, 4) is 0 Å². The van der Waals surface area contributed by atoms with Gasteiger partial charge in [0.25, 0.3) is 0 Å². The number of rotatable bonds is 2. The Morgan fingerprint density at radius 3 is 2.30 bits per heavy atom. The van der Waals surface area contributed by atoms with Crippen molar-refractivity contribution in [2.75, 3.05) is 18.0 Å². The van der Waals surface area contributed by atoms with E-state index in [1.54, 1.807) is 0 Å². The molecule has 0 atom stereocenters. The van der Waals surface area contributed by atoms with E-state index in [9.17, 15) is 4.79 Å². The molecular formula is C18H30N4O. The molecule has 1 aromatic rings. The van der Waals surface area contributed by atoms with Crippen LogP contribution in [0.1, 0.15) is 60.2 Å². The highest BCUT2D eigenvalue weighted by Gasteiger charge is 2.27. The molecule has 0 saturated carbocycles. The summed E-state index contributed by atoms with van der Waals surface area (Å²) in [7, 11) is 0. The van der Waals surface area contributed by atoms with Crippen molar-refractivity contribution in [2.45, 2.75) is 65.8 Å². The van der Waals surface area contributed by atoms with Gasteiger partial charge in [0.15, 0.2) is 0 Å². The second-order valence-corrected chi connectivity index (χ2v) is 8.47. The summed E-state index contributed by atoms with van der Waals surface area (Å²) in [4.78, 5) is 23.5. The number of nitrogens with zero attached hydrogens (tertiary/aromatic N) is 3. The lowest BCUT2D eigenvalue weighted by Crippen LogP contribution is -2.48. The number of hydrogen-bond acceptors (Lipinski definition) is 4. The number of nitrogens with one attached hydrogen (secondary N) is 1. The van der Waals surface area contributed by atoms with Gasteiger partial charge in [-0.3, -0.25) is 4.79 Å². The van der Waals surface area contributed by atoms with Crippen molar-refractivity contribution in [3.05, 3.63) is 18.1 Å². The number of amides is 1. The zero-order chi connectivity index (χ0) is 17.3. The fourth-order valence-electron chi connectivity index (χ4n) is 2.54. The van der Waals surface area contributed by atoms with Gasteiger partial charge < -0.3 is 10.2 Å². The smallest absolute Gasteiger partial charge is 0.225 e. The molecule has 23 heavy (non-hydrogen) atoms. The van der Waals surface area contributed by atoms with E-state index in [1.807, 2.05) is 33.0 Å². The molecule has 0 radical (unpaired) electrons. The third kappa shape index (κ3) is 4.66. The summed E-state index contributed by atoms with van der Waals surface area (Å²) >= 11 is 0. The minimum atomic E-state index is -0.328. The fourth-order valence-corrected chi connectivity index (χ4v) is 2.54.